The Bertz CT molecular complexity index is 1490. The summed E-state index contributed by atoms with van der Waals surface area (Å²) in [6, 6.07) is 6.28. The number of rotatable bonds is 6. The van der Waals surface area contributed by atoms with Crippen molar-refractivity contribution in [2.24, 2.45) is 0 Å². The standard InChI is InChI=1S/C20H13Cl2F2N3O5S/c1-25-33(29,30)9-2-4-14-11(6-9)16-10(3-5-15(18(16)31-14)32-20(23)24)19(28)27-17-12(21)7-26-8-13(17)22/h2-8,20,25H,1H3,(H,26,27,28). The molecule has 2 heterocycles. The Morgan fingerprint density at radius 3 is 2.48 bits per heavy atom. The van der Waals surface area contributed by atoms with Gasteiger partial charge in [-0.3, -0.25) is 9.78 Å². The van der Waals surface area contributed by atoms with Crippen LogP contribution in [0.2, 0.25) is 10.0 Å². The number of aromatic nitrogens is 1. The molecule has 2 N–H and O–H groups in total. The third-order valence-corrected chi connectivity index (χ3v) is 6.67. The molecule has 4 aromatic rings. The third-order valence-electron chi connectivity index (χ3n) is 4.69. The van der Waals surface area contributed by atoms with Crippen molar-refractivity contribution in [2.45, 2.75) is 11.5 Å². The molecule has 2 aromatic heterocycles. The van der Waals surface area contributed by atoms with Crippen LogP contribution >= 0.6 is 23.2 Å². The summed E-state index contributed by atoms with van der Waals surface area (Å²) in [5.74, 6) is -1.03. The number of sulfonamides is 1. The van der Waals surface area contributed by atoms with Crippen LogP contribution < -0.4 is 14.8 Å². The van der Waals surface area contributed by atoms with Gasteiger partial charge in [0.2, 0.25) is 10.0 Å². The van der Waals surface area contributed by atoms with E-state index >= 15 is 0 Å². The van der Waals surface area contributed by atoms with E-state index in [1.807, 2.05) is 0 Å². The van der Waals surface area contributed by atoms with Crippen LogP contribution in [0, 0.1) is 0 Å². The lowest BCUT2D eigenvalue weighted by atomic mass is 10.0. The molecule has 0 aliphatic heterocycles. The van der Waals surface area contributed by atoms with Gasteiger partial charge in [0.1, 0.15) is 5.58 Å². The van der Waals surface area contributed by atoms with Gasteiger partial charge in [0.25, 0.3) is 5.91 Å². The predicted molar refractivity (Wildman–Crippen MR) is 119 cm³/mol. The molecule has 2 aromatic carbocycles. The second-order valence-corrected chi connectivity index (χ2v) is 9.29. The molecular weight excluding hydrogens is 503 g/mol. The van der Waals surface area contributed by atoms with Crippen LogP contribution in [0.3, 0.4) is 0 Å². The number of furan rings is 1. The Hall–Kier alpha value is -2.99. The van der Waals surface area contributed by atoms with E-state index in [9.17, 15) is 22.0 Å². The maximum atomic E-state index is 13.1. The number of pyridine rings is 1. The summed E-state index contributed by atoms with van der Waals surface area (Å²) in [6.45, 7) is -3.16. The number of benzene rings is 2. The molecular formula is C20H13Cl2F2N3O5S. The van der Waals surface area contributed by atoms with Crippen LogP contribution in [-0.2, 0) is 10.0 Å². The first kappa shape index (κ1) is 23.2. The number of fused-ring (bicyclic) bond motifs is 3. The maximum absolute atomic E-state index is 13.1. The number of hydrogen-bond acceptors (Lipinski definition) is 6. The van der Waals surface area contributed by atoms with Gasteiger partial charge in [-0.25, -0.2) is 13.1 Å². The molecule has 0 spiro atoms. The first-order valence-corrected chi connectivity index (χ1v) is 11.3. The Morgan fingerprint density at radius 1 is 1.15 bits per heavy atom. The number of alkyl halides is 2. The minimum absolute atomic E-state index is 0.0201. The van der Waals surface area contributed by atoms with Gasteiger partial charge in [-0.05, 0) is 37.4 Å². The van der Waals surface area contributed by atoms with E-state index < -0.39 is 22.5 Å². The molecule has 0 fully saturated rings. The fourth-order valence-corrected chi connectivity index (χ4v) is 4.43. The molecule has 0 atom stereocenters. The van der Waals surface area contributed by atoms with Crippen LogP contribution in [0.15, 0.2) is 52.0 Å². The number of ether oxygens (including phenoxy) is 1. The lowest BCUT2D eigenvalue weighted by Gasteiger charge is -2.11. The molecule has 1 amide bonds. The number of hydrogen-bond donors (Lipinski definition) is 2. The number of carbonyl (C=O) groups excluding carboxylic acids is 1. The highest BCUT2D eigenvalue weighted by molar-refractivity contribution is 7.89. The van der Waals surface area contributed by atoms with Gasteiger partial charge < -0.3 is 14.5 Å². The van der Waals surface area contributed by atoms with Crippen LogP contribution in [0.4, 0.5) is 14.5 Å². The molecule has 33 heavy (non-hydrogen) atoms. The first-order chi connectivity index (χ1) is 15.6. The largest absolute Gasteiger partial charge is 0.452 e. The van der Waals surface area contributed by atoms with Crippen LogP contribution in [-0.4, -0.2) is 33.0 Å². The molecule has 0 aliphatic rings. The highest BCUT2D eigenvalue weighted by Crippen LogP contribution is 2.39. The Kier molecular flexibility index (Phi) is 6.14. The Balaban J connectivity index is 1.96. The second-order valence-electron chi connectivity index (χ2n) is 6.59. The maximum Gasteiger partial charge on any atom is 0.387 e. The van der Waals surface area contributed by atoms with Crippen molar-refractivity contribution in [1.82, 2.24) is 9.71 Å². The summed E-state index contributed by atoms with van der Waals surface area (Å²) >= 11 is 12.1. The molecule has 0 radical (unpaired) electrons. The van der Waals surface area contributed by atoms with E-state index in [1.54, 1.807) is 0 Å². The minimum atomic E-state index is -3.84. The van der Waals surface area contributed by atoms with E-state index in [-0.39, 0.29) is 53.9 Å². The van der Waals surface area contributed by atoms with Crippen LogP contribution in [0.5, 0.6) is 5.75 Å². The number of halogens is 4. The summed E-state index contributed by atoms with van der Waals surface area (Å²) < 4.78 is 62.8. The summed E-state index contributed by atoms with van der Waals surface area (Å²) in [5, 5.41) is 2.96. The second kappa shape index (κ2) is 8.75. The van der Waals surface area contributed by atoms with E-state index in [2.05, 4.69) is 19.8 Å². The number of carbonyl (C=O) groups is 1. The molecule has 4 rings (SSSR count). The van der Waals surface area contributed by atoms with Gasteiger partial charge in [0, 0.05) is 23.2 Å². The van der Waals surface area contributed by atoms with Crippen molar-refractivity contribution < 1.29 is 31.1 Å². The highest BCUT2D eigenvalue weighted by atomic mass is 35.5. The molecule has 0 aliphatic carbocycles. The number of nitrogens with one attached hydrogen (secondary N) is 2. The smallest absolute Gasteiger partial charge is 0.387 e. The van der Waals surface area contributed by atoms with Crippen LogP contribution in [0.1, 0.15) is 10.4 Å². The normalized spacial score (nSPS) is 11.9. The van der Waals surface area contributed by atoms with Crippen molar-refractivity contribution in [1.29, 1.82) is 0 Å². The Morgan fingerprint density at radius 2 is 1.85 bits per heavy atom. The van der Waals surface area contributed by atoms with Gasteiger partial charge in [0.05, 0.1) is 26.2 Å². The van der Waals surface area contributed by atoms with Gasteiger partial charge in [-0.1, -0.05) is 23.2 Å². The highest BCUT2D eigenvalue weighted by Gasteiger charge is 2.24. The summed E-state index contributed by atoms with van der Waals surface area (Å²) in [4.78, 5) is 16.8. The molecule has 0 unspecified atom stereocenters. The average molecular weight is 516 g/mol. The zero-order valence-electron chi connectivity index (χ0n) is 16.5. The van der Waals surface area contributed by atoms with Crippen LogP contribution in [0.25, 0.3) is 21.9 Å². The van der Waals surface area contributed by atoms with Crippen molar-refractivity contribution in [3.05, 3.63) is 58.3 Å². The molecule has 13 heteroatoms. The first-order valence-electron chi connectivity index (χ1n) is 9.10. The zero-order valence-corrected chi connectivity index (χ0v) is 18.9. The van der Waals surface area contributed by atoms with Crippen molar-refractivity contribution in [3.63, 3.8) is 0 Å². The average Bonchev–Trinajstić information content (AvgIpc) is 3.15. The molecule has 8 nitrogen and oxygen atoms in total. The van der Waals surface area contributed by atoms with Crippen molar-refractivity contribution in [3.8, 4) is 5.75 Å². The lowest BCUT2D eigenvalue weighted by molar-refractivity contribution is -0.0493. The number of amides is 1. The monoisotopic (exact) mass is 515 g/mol. The number of nitrogens with zero attached hydrogens (tertiary/aromatic N) is 1. The van der Waals surface area contributed by atoms with Crippen molar-refractivity contribution >= 4 is 66.8 Å². The van der Waals surface area contributed by atoms with Gasteiger partial charge >= 0.3 is 6.61 Å². The van der Waals surface area contributed by atoms with Gasteiger partial charge in [-0.2, -0.15) is 8.78 Å². The van der Waals surface area contributed by atoms with E-state index in [0.29, 0.717) is 0 Å². The third kappa shape index (κ3) is 4.32. The topological polar surface area (TPSA) is 111 Å². The van der Waals surface area contributed by atoms with Crippen molar-refractivity contribution in [2.75, 3.05) is 12.4 Å². The molecule has 172 valence electrons. The summed E-state index contributed by atoms with van der Waals surface area (Å²) in [6.07, 6.45) is 2.56. The minimum Gasteiger partial charge on any atom is -0.452 e. The van der Waals surface area contributed by atoms with E-state index in [1.165, 1.54) is 43.7 Å². The van der Waals surface area contributed by atoms with Gasteiger partial charge in [0.15, 0.2) is 11.3 Å². The quantitative estimate of drug-likeness (QED) is 0.371. The summed E-state index contributed by atoms with van der Waals surface area (Å²) in [5.41, 5.74) is 0.0576. The van der Waals surface area contributed by atoms with E-state index in [0.717, 1.165) is 6.07 Å². The summed E-state index contributed by atoms with van der Waals surface area (Å²) in [7, 11) is -2.60. The Labute approximate surface area is 195 Å². The predicted octanol–water partition coefficient (Wildman–Crippen LogP) is 5.05. The fraction of sp³-hybridized carbons (Fsp3) is 0.100. The SMILES string of the molecule is CNS(=O)(=O)c1ccc2oc3c(OC(F)F)ccc(C(=O)Nc4c(Cl)cncc4Cl)c3c2c1. The van der Waals surface area contributed by atoms with Gasteiger partial charge in [-0.15, -0.1) is 0 Å². The molecule has 0 saturated carbocycles. The lowest BCUT2D eigenvalue weighted by Crippen LogP contribution is -2.18. The fourth-order valence-electron chi connectivity index (χ4n) is 3.21. The molecule has 0 saturated heterocycles. The number of anilines is 1. The zero-order chi connectivity index (χ0) is 23.9. The van der Waals surface area contributed by atoms with E-state index in [4.69, 9.17) is 27.6 Å². The molecule has 0 bridgehead atoms.